The van der Waals surface area contributed by atoms with Crippen LogP contribution in [0.5, 0.6) is 11.5 Å². The van der Waals surface area contributed by atoms with Crippen molar-refractivity contribution < 1.29 is 14.3 Å². The third-order valence-corrected chi connectivity index (χ3v) is 5.54. The first kappa shape index (κ1) is 24.0. The van der Waals surface area contributed by atoms with Gasteiger partial charge in [0.1, 0.15) is 12.4 Å². The van der Waals surface area contributed by atoms with E-state index in [1.807, 2.05) is 25.1 Å². The summed E-state index contributed by atoms with van der Waals surface area (Å²) in [4.78, 5) is 32.1. The van der Waals surface area contributed by atoms with E-state index in [1.54, 1.807) is 48.5 Å². The summed E-state index contributed by atoms with van der Waals surface area (Å²) in [5.74, 6) is 1.10. The van der Waals surface area contributed by atoms with Crippen LogP contribution in [0.25, 0.3) is 11.4 Å². The molecule has 0 spiro atoms. The van der Waals surface area contributed by atoms with E-state index >= 15 is 0 Å². The number of hydrogen-bond acceptors (Lipinski definition) is 5. The van der Waals surface area contributed by atoms with E-state index in [1.165, 1.54) is 13.2 Å². The van der Waals surface area contributed by atoms with Crippen LogP contribution in [0, 0.1) is 0 Å². The lowest BCUT2D eigenvalue weighted by Gasteiger charge is -2.13. The molecule has 0 atom stereocenters. The summed E-state index contributed by atoms with van der Waals surface area (Å²) >= 11 is 5.92. The molecule has 0 unspecified atom stereocenters. The number of aryl methyl sites for hydroxylation is 1. The van der Waals surface area contributed by atoms with Crippen LogP contribution in [0.1, 0.15) is 28.5 Å². The van der Waals surface area contributed by atoms with Gasteiger partial charge in [-0.1, -0.05) is 42.8 Å². The molecule has 0 bridgehead atoms. The van der Waals surface area contributed by atoms with Crippen molar-refractivity contribution >= 4 is 23.2 Å². The van der Waals surface area contributed by atoms with Crippen molar-refractivity contribution in [1.29, 1.82) is 0 Å². The molecule has 0 saturated carbocycles. The highest BCUT2D eigenvalue weighted by Gasteiger charge is 2.13. The van der Waals surface area contributed by atoms with Crippen molar-refractivity contribution in [2.45, 2.75) is 20.0 Å². The van der Waals surface area contributed by atoms with Gasteiger partial charge in [0.25, 0.3) is 11.5 Å². The van der Waals surface area contributed by atoms with E-state index in [0.29, 0.717) is 57.9 Å². The van der Waals surface area contributed by atoms with Gasteiger partial charge in [-0.05, 0) is 54.4 Å². The summed E-state index contributed by atoms with van der Waals surface area (Å²) in [6.45, 7) is 2.27. The minimum atomic E-state index is -0.312. The number of H-pyrrole nitrogens is 1. The normalized spacial score (nSPS) is 10.6. The van der Waals surface area contributed by atoms with Crippen molar-refractivity contribution in [3.63, 3.8) is 0 Å². The summed E-state index contributed by atoms with van der Waals surface area (Å²) in [6, 6.07) is 21.0. The Labute approximate surface area is 207 Å². The van der Waals surface area contributed by atoms with Crippen molar-refractivity contribution in [1.82, 2.24) is 9.97 Å². The molecule has 1 aromatic heterocycles. The second-order valence-electron chi connectivity index (χ2n) is 7.75. The smallest absolute Gasteiger partial charge is 0.255 e. The van der Waals surface area contributed by atoms with Crippen molar-refractivity contribution in [2.24, 2.45) is 0 Å². The van der Waals surface area contributed by atoms with Crippen molar-refractivity contribution in [3.8, 4) is 22.9 Å². The van der Waals surface area contributed by atoms with E-state index in [4.69, 9.17) is 21.1 Å². The zero-order valence-electron chi connectivity index (χ0n) is 19.3. The number of ether oxygens (including phenoxy) is 2. The molecule has 0 aliphatic carbocycles. The molecule has 7 nitrogen and oxygen atoms in total. The number of aromatic nitrogens is 2. The molecule has 0 saturated heterocycles. The largest absolute Gasteiger partial charge is 0.493 e. The number of rotatable bonds is 8. The van der Waals surface area contributed by atoms with Gasteiger partial charge >= 0.3 is 0 Å². The Morgan fingerprint density at radius 3 is 2.57 bits per heavy atom. The third-order valence-electron chi connectivity index (χ3n) is 5.28. The van der Waals surface area contributed by atoms with E-state index < -0.39 is 0 Å². The molecule has 2 N–H and O–H groups in total. The first-order chi connectivity index (χ1) is 16.9. The Morgan fingerprint density at radius 1 is 1.03 bits per heavy atom. The second kappa shape index (κ2) is 10.9. The minimum absolute atomic E-state index is 0.216. The summed E-state index contributed by atoms with van der Waals surface area (Å²) < 4.78 is 11.3. The number of amides is 1. The van der Waals surface area contributed by atoms with Gasteiger partial charge in [-0.25, -0.2) is 4.98 Å². The minimum Gasteiger partial charge on any atom is -0.493 e. The SMILES string of the molecule is CCc1cc(=O)[nH]c(-c2cccc(NC(=O)c3ccc(OCc4ccc(Cl)cc4)c(OC)c3)c2)n1. The number of nitrogens with zero attached hydrogens (tertiary/aromatic N) is 1. The summed E-state index contributed by atoms with van der Waals surface area (Å²) in [7, 11) is 1.52. The van der Waals surface area contributed by atoms with Gasteiger partial charge < -0.3 is 19.8 Å². The Morgan fingerprint density at radius 2 is 1.83 bits per heavy atom. The standard InChI is InChI=1S/C27H24ClN3O4/c1-3-21-15-25(32)31-26(29-21)18-5-4-6-22(13-18)30-27(33)19-9-12-23(24(14-19)34-2)35-16-17-7-10-20(28)11-8-17/h4-15H,3,16H2,1-2H3,(H,30,33)(H,29,31,32). The number of carbonyl (C=O) groups excluding carboxylic acids is 1. The monoisotopic (exact) mass is 489 g/mol. The number of nitrogens with one attached hydrogen (secondary N) is 2. The lowest BCUT2D eigenvalue weighted by Crippen LogP contribution is -2.13. The molecule has 4 rings (SSSR count). The zero-order valence-corrected chi connectivity index (χ0v) is 20.1. The number of methoxy groups -OCH3 is 1. The third kappa shape index (κ3) is 6.07. The van der Waals surface area contributed by atoms with Gasteiger partial charge in [0, 0.05) is 33.6 Å². The van der Waals surface area contributed by atoms with Gasteiger partial charge in [-0.3, -0.25) is 9.59 Å². The molecular formula is C27H24ClN3O4. The van der Waals surface area contributed by atoms with Crippen LogP contribution < -0.4 is 20.3 Å². The maximum atomic E-state index is 12.9. The van der Waals surface area contributed by atoms with Crippen molar-refractivity contribution in [3.05, 3.63) is 105 Å². The van der Waals surface area contributed by atoms with Crippen LogP contribution in [-0.4, -0.2) is 23.0 Å². The average molecular weight is 490 g/mol. The number of aromatic amines is 1. The maximum absolute atomic E-state index is 12.9. The lowest BCUT2D eigenvalue weighted by atomic mass is 10.1. The van der Waals surface area contributed by atoms with E-state index in [0.717, 1.165) is 5.56 Å². The predicted molar refractivity (Wildman–Crippen MR) is 136 cm³/mol. The molecule has 4 aromatic rings. The first-order valence-electron chi connectivity index (χ1n) is 11.0. The molecule has 35 heavy (non-hydrogen) atoms. The highest BCUT2D eigenvalue weighted by Crippen LogP contribution is 2.29. The van der Waals surface area contributed by atoms with E-state index in [-0.39, 0.29) is 11.5 Å². The molecule has 3 aromatic carbocycles. The number of carbonyl (C=O) groups is 1. The van der Waals surface area contributed by atoms with Crippen LogP contribution in [0.3, 0.4) is 0 Å². The molecule has 0 aliphatic heterocycles. The van der Waals surface area contributed by atoms with Crippen LogP contribution in [-0.2, 0) is 13.0 Å². The molecule has 0 aliphatic rings. The Kier molecular flexibility index (Phi) is 7.48. The van der Waals surface area contributed by atoms with Gasteiger partial charge in [0.15, 0.2) is 11.5 Å². The van der Waals surface area contributed by atoms with Crippen LogP contribution >= 0.6 is 11.6 Å². The Hall–Kier alpha value is -4.10. The summed E-state index contributed by atoms with van der Waals surface area (Å²) in [5.41, 5.74) is 3.11. The van der Waals surface area contributed by atoms with Gasteiger partial charge in [-0.2, -0.15) is 0 Å². The molecule has 0 radical (unpaired) electrons. The van der Waals surface area contributed by atoms with Gasteiger partial charge in [-0.15, -0.1) is 0 Å². The van der Waals surface area contributed by atoms with Crippen LogP contribution in [0.15, 0.2) is 77.6 Å². The van der Waals surface area contributed by atoms with Crippen LogP contribution in [0.4, 0.5) is 5.69 Å². The summed E-state index contributed by atoms with van der Waals surface area (Å²) in [6.07, 6.45) is 0.647. The molecular weight excluding hydrogens is 466 g/mol. The van der Waals surface area contributed by atoms with Gasteiger partial charge in [0.05, 0.1) is 7.11 Å². The number of hydrogen-bond donors (Lipinski definition) is 2. The molecule has 178 valence electrons. The topological polar surface area (TPSA) is 93.3 Å². The fourth-order valence-electron chi connectivity index (χ4n) is 3.44. The zero-order chi connectivity index (χ0) is 24.8. The second-order valence-corrected chi connectivity index (χ2v) is 8.19. The highest BCUT2D eigenvalue weighted by atomic mass is 35.5. The number of benzene rings is 3. The average Bonchev–Trinajstić information content (AvgIpc) is 2.88. The highest BCUT2D eigenvalue weighted by molar-refractivity contribution is 6.30. The Balaban J connectivity index is 1.49. The quantitative estimate of drug-likeness (QED) is 0.341. The molecule has 1 heterocycles. The van der Waals surface area contributed by atoms with Crippen molar-refractivity contribution in [2.75, 3.05) is 12.4 Å². The lowest BCUT2D eigenvalue weighted by molar-refractivity contribution is 0.102. The number of halogens is 1. The summed E-state index contributed by atoms with van der Waals surface area (Å²) in [5, 5.41) is 3.54. The fraction of sp³-hybridized carbons (Fsp3) is 0.148. The Bertz CT molecular complexity index is 1400. The van der Waals surface area contributed by atoms with E-state index in [9.17, 15) is 9.59 Å². The van der Waals surface area contributed by atoms with Crippen LogP contribution in [0.2, 0.25) is 5.02 Å². The first-order valence-corrected chi connectivity index (χ1v) is 11.4. The fourth-order valence-corrected chi connectivity index (χ4v) is 3.57. The number of anilines is 1. The molecule has 1 amide bonds. The predicted octanol–water partition coefficient (Wildman–Crippen LogP) is 5.49. The maximum Gasteiger partial charge on any atom is 0.255 e. The van der Waals surface area contributed by atoms with E-state index in [2.05, 4.69) is 15.3 Å². The molecule has 0 fully saturated rings. The molecule has 8 heteroatoms. The van der Waals surface area contributed by atoms with Gasteiger partial charge in [0.2, 0.25) is 0 Å².